The summed E-state index contributed by atoms with van der Waals surface area (Å²) in [5.41, 5.74) is 5.33. The van der Waals surface area contributed by atoms with E-state index in [0.29, 0.717) is 0 Å². The highest BCUT2D eigenvalue weighted by atomic mass is 16.4. The maximum absolute atomic E-state index is 10.2. The zero-order chi connectivity index (χ0) is 20.1. The summed E-state index contributed by atoms with van der Waals surface area (Å²) in [5.74, 6) is -0.905. The van der Waals surface area contributed by atoms with Gasteiger partial charge in [0.25, 0.3) is 0 Å². The molecule has 0 amide bonds. The highest BCUT2D eigenvalue weighted by Gasteiger charge is 2.03. The summed E-state index contributed by atoms with van der Waals surface area (Å²) >= 11 is 0. The Hall–Kier alpha value is -0.610. The third-order valence-corrected chi connectivity index (χ3v) is 4.52. The van der Waals surface area contributed by atoms with Crippen molar-refractivity contribution in [3.05, 3.63) is 0 Å². The smallest absolute Gasteiger partial charge is 0.0792 e. The van der Waals surface area contributed by atoms with E-state index in [1.807, 2.05) is 0 Å². The van der Waals surface area contributed by atoms with E-state index in [2.05, 4.69) is 28.1 Å². The van der Waals surface area contributed by atoms with Crippen LogP contribution in [0.2, 0.25) is 0 Å². The summed E-state index contributed by atoms with van der Waals surface area (Å²) in [6.07, 6.45) is 18.1. The lowest BCUT2D eigenvalue weighted by atomic mass is 10.0. The lowest BCUT2D eigenvalue weighted by molar-refractivity contribution is -0.870. The summed E-state index contributed by atoms with van der Waals surface area (Å²) < 4.78 is 1.02. The van der Waals surface area contributed by atoms with Crippen molar-refractivity contribution in [3.63, 3.8) is 0 Å². The van der Waals surface area contributed by atoms with Crippen molar-refractivity contribution in [1.82, 2.24) is 0 Å². The number of nitrogens with two attached hydrogens (primary N) is 1. The molecule has 0 aliphatic heterocycles. The molecule has 0 fully saturated rings. The van der Waals surface area contributed by atoms with Crippen molar-refractivity contribution in [1.29, 1.82) is 0 Å². The van der Waals surface area contributed by atoms with Gasteiger partial charge in [-0.1, -0.05) is 84.0 Å². The predicted octanol–water partition coefficient (Wildman–Crippen LogP) is 4.26. The Balaban J connectivity index is 0. The predicted molar refractivity (Wildman–Crippen MR) is 112 cm³/mol. The lowest BCUT2D eigenvalue weighted by Crippen LogP contribution is -2.36. The van der Waals surface area contributed by atoms with Crippen molar-refractivity contribution in [3.8, 4) is 0 Å². The highest BCUT2D eigenvalue weighted by Crippen LogP contribution is 2.12. The number of carboxylic acid groups (broad SMARTS) is 1. The molecule has 0 bridgehead atoms. The van der Waals surface area contributed by atoms with Crippen molar-refractivity contribution >= 4 is 5.97 Å². The molecule has 26 heavy (non-hydrogen) atoms. The van der Waals surface area contributed by atoms with Crippen LogP contribution < -0.4 is 10.8 Å². The van der Waals surface area contributed by atoms with Crippen LogP contribution in [0.4, 0.5) is 0 Å². The first-order valence-electron chi connectivity index (χ1n) is 11.0. The SMILES string of the molecule is CCCCCCCCCCCCCCCC(=O)[O-].C[N+](C)(C)CCCN. The van der Waals surface area contributed by atoms with E-state index in [4.69, 9.17) is 5.73 Å². The Morgan fingerprint density at radius 3 is 1.38 bits per heavy atom. The molecule has 0 aromatic heterocycles. The van der Waals surface area contributed by atoms with Crippen LogP contribution in [-0.2, 0) is 4.79 Å². The second-order valence-corrected chi connectivity index (χ2v) is 8.52. The largest absolute Gasteiger partial charge is 0.550 e. The average Bonchev–Trinajstić information content (AvgIpc) is 2.57. The number of aliphatic carboxylic acids is 1. The number of carboxylic acids is 1. The van der Waals surface area contributed by atoms with E-state index < -0.39 is 5.97 Å². The van der Waals surface area contributed by atoms with Gasteiger partial charge in [-0.3, -0.25) is 0 Å². The van der Waals surface area contributed by atoms with Crippen LogP contribution in [-0.4, -0.2) is 44.7 Å². The standard InChI is InChI=1S/C16H32O2.C6H17N2/c1-2-3-4-5-6-7-8-9-10-11-12-13-14-15-16(17)18;1-8(2,3)6-4-5-7/h2-15H2,1H3,(H,17,18);4-7H2,1-3H3/q;+1/p-1. The number of nitrogens with zero attached hydrogens (tertiary/aromatic N) is 1. The molecule has 0 saturated heterocycles. The fraction of sp³-hybridized carbons (Fsp3) is 0.955. The molecule has 4 nitrogen and oxygen atoms in total. The van der Waals surface area contributed by atoms with Crippen molar-refractivity contribution in [2.24, 2.45) is 5.73 Å². The van der Waals surface area contributed by atoms with Crippen LogP contribution in [0, 0.1) is 0 Å². The van der Waals surface area contributed by atoms with Gasteiger partial charge in [-0.25, -0.2) is 0 Å². The van der Waals surface area contributed by atoms with Gasteiger partial charge >= 0.3 is 0 Å². The van der Waals surface area contributed by atoms with E-state index in [1.165, 1.54) is 77.2 Å². The number of carbonyl (C=O) groups is 1. The monoisotopic (exact) mass is 372 g/mol. The van der Waals surface area contributed by atoms with Gasteiger partial charge in [0.1, 0.15) is 0 Å². The van der Waals surface area contributed by atoms with Crippen LogP contribution >= 0.6 is 0 Å². The molecule has 0 aromatic carbocycles. The van der Waals surface area contributed by atoms with Crippen LogP contribution in [0.5, 0.6) is 0 Å². The summed E-state index contributed by atoms with van der Waals surface area (Å²) in [7, 11) is 6.53. The number of carbonyl (C=O) groups excluding carboxylic acids is 1. The second kappa shape index (κ2) is 20.7. The van der Waals surface area contributed by atoms with E-state index in [0.717, 1.165) is 30.3 Å². The lowest BCUT2D eigenvalue weighted by Gasteiger charge is -2.23. The summed E-state index contributed by atoms with van der Waals surface area (Å²) in [6, 6.07) is 0. The highest BCUT2D eigenvalue weighted by molar-refractivity contribution is 5.63. The van der Waals surface area contributed by atoms with Crippen LogP contribution in [0.25, 0.3) is 0 Å². The summed E-state index contributed by atoms with van der Waals surface area (Å²) in [6.45, 7) is 4.25. The van der Waals surface area contributed by atoms with Crippen molar-refractivity contribution in [2.45, 2.75) is 103 Å². The first-order valence-corrected chi connectivity index (χ1v) is 11.0. The van der Waals surface area contributed by atoms with Crippen LogP contribution in [0.1, 0.15) is 103 Å². The van der Waals surface area contributed by atoms with Gasteiger partial charge in [0.2, 0.25) is 0 Å². The second-order valence-electron chi connectivity index (χ2n) is 8.52. The molecule has 0 aliphatic rings. The number of rotatable bonds is 17. The van der Waals surface area contributed by atoms with Gasteiger partial charge < -0.3 is 20.1 Å². The minimum absolute atomic E-state index is 0.234. The minimum atomic E-state index is -0.905. The van der Waals surface area contributed by atoms with Gasteiger partial charge in [-0.05, 0) is 19.4 Å². The molecule has 0 rings (SSSR count). The maximum atomic E-state index is 10.2. The number of quaternary nitrogens is 1. The Morgan fingerprint density at radius 1 is 0.731 bits per heavy atom. The van der Waals surface area contributed by atoms with E-state index in [1.54, 1.807) is 0 Å². The first kappa shape index (κ1) is 27.6. The van der Waals surface area contributed by atoms with Gasteiger partial charge in [0.15, 0.2) is 0 Å². The molecule has 0 unspecified atom stereocenters. The number of unbranched alkanes of at least 4 members (excludes halogenated alkanes) is 12. The molecule has 158 valence electrons. The third kappa shape index (κ3) is 31.2. The third-order valence-electron chi connectivity index (χ3n) is 4.52. The van der Waals surface area contributed by atoms with Gasteiger partial charge in [0, 0.05) is 12.4 Å². The van der Waals surface area contributed by atoms with Gasteiger partial charge in [-0.15, -0.1) is 0 Å². The Bertz CT molecular complexity index is 288. The molecule has 4 heteroatoms. The molecular weight excluding hydrogens is 324 g/mol. The van der Waals surface area contributed by atoms with Crippen LogP contribution in [0.3, 0.4) is 0 Å². The van der Waals surface area contributed by atoms with E-state index in [-0.39, 0.29) is 6.42 Å². The van der Waals surface area contributed by atoms with Crippen molar-refractivity contribution in [2.75, 3.05) is 34.2 Å². The van der Waals surface area contributed by atoms with E-state index >= 15 is 0 Å². The molecule has 0 radical (unpaired) electrons. The molecule has 0 heterocycles. The Kier molecular flexibility index (Phi) is 22.0. The zero-order valence-corrected chi connectivity index (χ0v) is 18.4. The molecule has 0 aliphatic carbocycles. The quantitative estimate of drug-likeness (QED) is 0.306. The fourth-order valence-corrected chi connectivity index (χ4v) is 2.85. The zero-order valence-electron chi connectivity index (χ0n) is 18.4. The number of hydrogen-bond acceptors (Lipinski definition) is 3. The topological polar surface area (TPSA) is 66.1 Å². The molecule has 2 N–H and O–H groups in total. The normalized spacial score (nSPS) is 11.1. The Labute approximate surface area is 164 Å². The maximum Gasteiger partial charge on any atom is 0.0792 e. The van der Waals surface area contributed by atoms with Gasteiger partial charge in [0.05, 0.1) is 27.7 Å². The first-order chi connectivity index (χ1) is 12.3. The minimum Gasteiger partial charge on any atom is -0.550 e. The van der Waals surface area contributed by atoms with Gasteiger partial charge in [-0.2, -0.15) is 0 Å². The molecule has 0 atom stereocenters. The molecule has 0 saturated carbocycles. The van der Waals surface area contributed by atoms with Crippen LogP contribution in [0.15, 0.2) is 0 Å². The molecule has 0 spiro atoms. The number of hydrogen-bond donors (Lipinski definition) is 1. The van der Waals surface area contributed by atoms with E-state index in [9.17, 15) is 9.90 Å². The molecular formula is C22H48N2O2. The molecule has 0 aromatic rings. The average molecular weight is 373 g/mol. The summed E-state index contributed by atoms with van der Waals surface area (Å²) in [4.78, 5) is 10.2. The fourth-order valence-electron chi connectivity index (χ4n) is 2.85. The Morgan fingerprint density at radius 2 is 1.12 bits per heavy atom. The summed E-state index contributed by atoms with van der Waals surface area (Å²) in [5, 5.41) is 10.2. The van der Waals surface area contributed by atoms with Crippen molar-refractivity contribution < 1.29 is 14.4 Å².